The number of guanidine groups is 1. The molecule has 4 N–H and O–H groups in total. The number of hydrogen-bond donors (Lipinski definition) is 3. The molecule has 0 heterocycles. The second-order valence-electron chi connectivity index (χ2n) is 7.49. The van der Waals surface area contributed by atoms with E-state index in [1.165, 1.54) is 5.56 Å². The van der Waals surface area contributed by atoms with Crippen molar-refractivity contribution in [2.45, 2.75) is 58.6 Å². The molecule has 1 amide bonds. The van der Waals surface area contributed by atoms with E-state index >= 15 is 0 Å². The zero-order valence-corrected chi connectivity index (χ0v) is 18.4. The fraction of sp³-hybridized carbons (Fsp3) is 0.579. The number of carbonyl (C=O) groups excluding carboxylic acids is 1. The van der Waals surface area contributed by atoms with Gasteiger partial charge in [0.05, 0.1) is 12.6 Å². The third kappa shape index (κ3) is 8.25. The van der Waals surface area contributed by atoms with Gasteiger partial charge in [-0.3, -0.25) is 4.99 Å². The summed E-state index contributed by atoms with van der Waals surface area (Å²) < 4.78 is 5.33. The Kier molecular flexibility index (Phi) is 8.66. The number of amides is 1. The minimum absolute atomic E-state index is 0. The minimum Gasteiger partial charge on any atom is -0.444 e. The highest BCUT2D eigenvalue weighted by Gasteiger charge is 2.33. The molecule has 0 bridgehead atoms. The molecule has 1 aliphatic carbocycles. The monoisotopic (exact) mass is 474 g/mol. The maximum absolute atomic E-state index is 12.0. The highest BCUT2D eigenvalue weighted by Crippen LogP contribution is 2.33. The van der Waals surface area contributed by atoms with E-state index in [9.17, 15) is 4.79 Å². The first-order chi connectivity index (χ1) is 11.8. The smallest absolute Gasteiger partial charge is 0.407 e. The maximum atomic E-state index is 12.0. The van der Waals surface area contributed by atoms with Gasteiger partial charge in [-0.25, -0.2) is 4.79 Å². The van der Waals surface area contributed by atoms with Crippen LogP contribution in [0.5, 0.6) is 0 Å². The summed E-state index contributed by atoms with van der Waals surface area (Å²) in [5.74, 6) is 0.800. The Bertz CT molecular complexity index is 607. The second kappa shape index (κ2) is 9.99. The Morgan fingerprint density at radius 3 is 2.42 bits per heavy atom. The van der Waals surface area contributed by atoms with Crippen molar-refractivity contribution < 1.29 is 9.53 Å². The minimum atomic E-state index is -0.507. The van der Waals surface area contributed by atoms with Crippen LogP contribution in [0.1, 0.15) is 46.1 Å². The number of anilines is 1. The SMILES string of the molecule is CCc1ccc(NC(N)=NCC(NC(=O)OC(C)(C)C)C2CC2)cc1.I. The van der Waals surface area contributed by atoms with Gasteiger partial charge in [-0.2, -0.15) is 0 Å². The summed E-state index contributed by atoms with van der Waals surface area (Å²) in [7, 11) is 0. The van der Waals surface area contributed by atoms with E-state index in [0.29, 0.717) is 18.4 Å². The molecule has 1 unspecified atom stereocenters. The number of alkyl carbamates (subject to hydrolysis) is 1. The van der Waals surface area contributed by atoms with Gasteiger partial charge in [-0.1, -0.05) is 19.1 Å². The van der Waals surface area contributed by atoms with Crippen molar-refractivity contribution in [2.24, 2.45) is 16.6 Å². The van der Waals surface area contributed by atoms with E-state index < -0.39 is 11.7 Å². The van der Waals surface area contributed by atoms with Gasteiger partial charge in [-0.05, 0) is 63.6 Å². The molecule has 2 rings (SSSR count). The average molecular weight is 474 g/mol. The number of aryl methyl sites for hydroxylation is 1. The molecule has 6 nitrogen and oxygen atoms in total. The molecule has 7 heteroatoms. The molecule has 0 spiro atoms. The molecule has 26 heavy (non-hydrogen) atoms. The number of rotatable bonds is 6. The normalized spacial score (nSPS) is 15.6. The quantitative estimate of drug-likeness (QED) is 0.332. The summed E-state index contributed by atoms with van der Waals surface area (Å²) in [6, 6.07) is 8.05. The molecular formula is C19H31IN4O2. The zero-order valence-electron chi connectivity index (χ0n) is 16.0. The molecule has 0 aliphatic heterocycles. The van der Waals surface area contributed by atoms with E-state index in [1.54, 1.807) is 0 Å². The molecular weight excluding hydrogens is 443 g/mol. The van der Waals surface area contributed by atoms with Crippen molar-refractivity contribution in [3.05, 3.63) is 29.8 Å². The van der Waals surface area contributed by atoms with E-state index in [4.69, 9.17) is 10.5 Å². The van der Waals surface area contributed by atoms with Crippen LogP contribution in [0.4, 0.5) is 10.5 Å². The van der Waals surface area contributed by atoms with E-state index in [2.05, 4.69) is 34.7 Å². The highest BCUT2D eigenvalue weighted by molar-refractivity contribution is 14.0. The second-order valence-corrected chi connectivity index (χ2v) is 7.49. The third-order valence-corrected chi connectivity index (χ3v) is 3.99. The van der Waals surface area contributed by atoms with Crippen LogP contribution in [0, 0.1) is 5.92 Å². The number of carbonyl (C=O) groups is 1. The van der Waals surface area contributed by atoms with E-state index in [0.717, 1.165) is 24.9 Å². The highest BCUT2D eigenvalue weighted by atomic mass is 127. The van der Waals surface area contributed by atoms with Gasteiger partial charge in [0.2, 0.25) is 0 Å². The lowest BCUT2D eigenvalue weighted by Crippen LogP contribution is -2.42. The standard InChI is InChI=1S/C19H30N4O2.HI/c1-5-13-6-10-15(11-7-13)22-17(20)21-12-16(14-8-9-14)23-18(24)25-19(2,3)4;/h6-7,10-11,14,16H,5,8-9,12H2,1-4H3,(H,23,24)(H3,20,21,22);1H. The van der Waals surface area contributed by atoms with Crippen LogP contribution in [0.15, 0.2) is 29.3 Å². The van der Waals surface area contributed by atoms with Crippen molar-refractivity contribution >= 4 is 41.7 Å². The van der Waals surface area contributed by atoms with Gasteiger partial charge < -0.3 is 21.1 Å². The van der Waals surface area contributed by atoms with Gasteiger partial charge >= 0.3 is 6.09 Å². The summed E-state index contributed by atoms with van der Waals surface area (Å²) in [5.41, 5.74) is 7.64. The molecule has 1 aliphatic rings. The van der Waals surface area contributed by atoms with Crippen molar-refractivity contribution in [3.63, 3.8) is 0 Å². The Balaban J connectivity index is 0.00000338. The van der Waals surface area contributed by atoms with E-state index in [-0.39, 0.29) is 30.0 Å². The predicted molar refractivity (Wildman–Crippen MR) is 117 cm³/mol. The number of nitrogens with zero attached hydrogens (tertiary/aromatic N) is 1. The van der Waals surface area contributed by atoms with Crippen molar-refractivity contribution in [3.8, 4) is 0 Å². The zero-order chi connectivity index (χ0) is 18.4. The molecule has 1 saturated carbocycles. The summed E-state index contributed by atoms with van der Waals surface area (Å²) in [6.07, 6.45) is 2.80. The summed E-state index contributed by atoms with van der Waals surface area (Å²) in [6.45, 7) is 8.11. The lowest BCUT2D eigenvalue weighted by Gasteiger charge is -2.23. The van der Waals surface area contributed by atoms with Crippen LogP contribution in [-0.2, 0) is 11.2 Å². The Morgan fingerprint density at radius 2 is 1.92 bits per heavy atom. The topological polar surface area (TPSA) is 88.7 Å². The van der Waals surface area contributed by atoms with Crippen LogP contribution in [-0.4, -0.2) is 30.2 Å². The fourth-order valence-electron chi connectivity index (χ4n) is 2.48. The van der Waals surface area contributed by atoms with Crippen LogP contribution in [0.2, 0.25) is 0 Å². The van der Waals surface area contributed by atoms with Gasteiger partial charge in [0, 0.05) is 5.69 Å². The molecule has 1 fully saturated rings. The Hall–Kier alpha value is -1.51. The first-order valence-electron chi connectivity index (χ1n) is 8.92. The molecule has 0 saturated heterocycles. The lowest BCUT2D eigenvalue weighted by atomic mass is 10.1. The van der Waals surface area contributed by atoms with Crippen molar-refractivity contribution in [1.82, 2.24) is 5.32 Å². The average Bonchev–Trinajstić information content (AvgIpc) is 3.35. The maximum Gasteiger partial charge on any atom is 0.407 e. The first-order valence-corrected chi connectivity index (χ1v) is 8.92. The number of nitrogens with two attached hydrogens (primary N) is 1. The largest absolute Gasteiger partial charge is 0.444 e. The van der Waals surface area contributed by atoms with E-state index in [1.807, 2.05) is 32.9 Å². The molecule has 0 aromatic heterocycles. The molecule has 1 aromatic carbocycles. The van der Waals surface area contributed by atoms with Crippen LogP contribution in [0.3, 0.4) is 0 Å². The number of ether oxygens (including phenoxy) is 1. The molecule has 146 valence electrons. The van der Waals surface area contributed by atoms with Gasteiger partial charge in [0.15, 0.2) is 5.96 Å². The van der Waals surface area contributed by atoms with Crippen molar-refractivity contribution in [1.29, 1.82) is 0 Å². The van der Waals surface area contributed by atoms with Gasteiger partial charge in [0.25, 0.3) is 0 Å². The van der Waals surface area contributed by atoms with Gasteiger partial charge in [0.1, 0.15) is 5.60 Å². The van der Waals surface area contributed by atoms with Gasteiger partial charge in [-0.15, -0.1) is 24.0 Å². The lowest BCUT2D eigenvalue weighted by molar-refractivity contribution is 0.0500. The fourth-order valence-corrected chi connectivity index (χ4v) is 2.48. The predicted octanol–water partition coefficient (Wildman–Crippen LogP) is 3.90. The first kappa shape index (κ1) is 22.5. The number of benzene rings is 1. The molecule has 1 atom stereocenters. The number of hydrogen-bond acceptors (Lipinski definition) is 3. The van der Waals surface area contributed by atoms with Crippen LogP contribution < -0.4 is 16.4 Å². The summed E-state index contributed by atoms with van der Waals surface area (Å²) in [5, 5.41) is 6.00. The Labute approximate surface area is 173 Å². The third-order valence-electron chi connectivity index (χ3n) is 3.99. The van der Waals surface area contributed by atoms with Crippen LogP contribution in [0.25, 0.3) is 0 Å². The summed E-state index contributed by atoms with van der Waals surface area (Å²) >= 11 is 0. The van der Waals surface area contributed by atoms with Crippen LogP contribution >= 0.6 is 24.0 Å². The number of halogens is 1. The molecule has 1 aromatic rings. The summed E-state index contributed by atoms with van der Waals surface area (Å²) in [4.78, 5) is 16.4. The molecule has 0 radical (unpaired) electrons. The number of nitrogens with one attached hydrogen (secondary N) is 2. The number of aliphatic imine (C=N–C) groups is 1. The Morgan fingerprint density at radius 1 is 1.31 bits per heavy atom. The van der Waals surface area contributed by atoms with Crippen molar-refractivity contribution in [2.75, 3.05) is 11.9 Å².